The smallest absolute Gasteiger partial charge is 0.126 e. The molecule has 15 heavy (non-hydrogen) atoms. The molecule has 0 saturated heterocycles. The van der Waals surface area contributed by atoms with Crippen molar-refractivity contribution >= 4 is 6.29 Å². The van der Waals surface area contributed by atoms with E-state index >= 15 is 0 Å². The van der Waals surface area contributed by atoms with Crippen LogP contribution in [0.1, 0.15) is 32.8 Å². The van der Waals surface area contributed by atoms with Gasteiger partial charge in [-0.3, -0.25) is 0 Å². The molecule has 3 atom stereocenters. The Labute approximate surface area is 91.5 Å². The summed E-state index contributed by atoms with van der Waals surface area (Å²) in [5.74, 6) is 0.421. The van der Waals surface area contributed by atoms with Crippen molar-refractivity contribution in [1.82, 2.24) is 0 Å². The molecule has 0 bridgehead atoms. The Morgan fingerprint density at radius 2 is 1.87 bits per heavy atom. The molecule has 1 unspecified atom stereocenters. The maximum atomic E-state index is 11.0. The fourth-order valence-corrected chi connectivity index (χ4v) is 3.01. The Hall–Kier alpha value is -1.11. The van der Waals surface area contributed by atoms with Gasteiger partial charge in [-0.05, 0) is 23.3 Å². The van der Waals surface area contributed by atoms with E-state index in [1.165, 1.54) is 5.56 Å². The van der Waals surface area contributed by atoms with Gasteiger partial charge in [-0.1, -0.05) is 51.1 Å². The molecule has 2 rings (SSSR count). The Morgan fingerprint density at radius 1 is 1.27 bits per heavy atom. The molecule has 80 valence electrons. The molecule has 0 aromatic heterocycles. The molecular weight excluding hydrogens is 184 g/mol. The normalized spacial score (nSPS) is 39.5. The maximum Gasteiger partial charge on any atom is 0.126 e. The molecule has 1 aromatic rings. The lowest BCUT2D eigenvalue weighted by atomic mass is 9.46. The van der Waals surface area contributed by atoms with Gasteiger partial charge >= 0.3 is 0 Å². The van der Waals surface area contributed by atoms with E-state index in [1.807, 2.05) is 6.07 Å². The fraction of sp³-hybridized carbons (Fsp3) is 0.500. The summed E-state index contributed by atoms with van der Waals surface area (Å²) in [4.78, 5) is 11.0. The third-order valence-corrected chi connectivity index (χ3v) is 4.40. The minimum Gasteiger partial charge on any atom is -0.303 e. The zero-order valence-corrected chi connectivity index (χ0v) is 9.66. The van der Waals surface area contributed by atoms with Crippen LogP contribution in [-0.2, 0) is 10.2 Å². The molecule has 1 aliphatic rings. The largest absolute Gasteiger partial charge is 0.303 e. The number of carbonyl (C=O) groups is 1. The van der Waals surface area contributed by atoms with E-state index in [-0.39, 0.29) is 10.8 Å². The van der Waals surface area contributed by atoms with Gasteiger partial charge in [0.25, 0.3) is 0 Å². The first-order valence-corrected chi connectivity index (χ1v) is 5.55. The second kappa shape index (κ2) is 3.19. The lowest BCUT2D eigenvalue weighted by Crippen LogP contribution is -2.55. The van der Waals surface area contributed by atoms with Crippen LogP contribution < -0.4 is 0 Å². The molecule has 1 saturated carbocycles. The van der Waals surface area contributed by atoms with Crippen molar-refractivity contribution in [1.29, 1.82) is 0 Å². The standard InChI is InChI=1S/C14H18O/c1-11-13(2,10-15)9-14(11,3)12-7-5-4-6-8-12/h4-8,10-11H,9H2,1-3H3/t11-,13-,14?/m1/s1. The highest BCUT2D eigenvalue weighted by Gasteiger charge is 2.56. The molecular formula is C14H18O. The number of hydrogen-bond donors (Lipinski definition) is 0. The summed E-state index contributed by atoms with van der Waals surface area (Å²) in [6.45, 7) is 6.51. The minimum absolute atomic E-state index is 0.120. The highest BCUT2D eigenvalue weighted by atomic mass is 16.1. The van der Waals surface area contributed by atoms with Gasteiger partial charge in [-0.2, -0.15) is 0 Å². The van der Waals surface area contributed by atoms with E-state index in [0.717, 1.165) is 12.7 Å². The highest BCUT2D eigenvalue weighted by molar-refractivity contribution is 5.63. The molecule has 0 amide bonds. The van der Waals surface area contributed by atoms with Crippen molar-refractivity contribution in [2.24, 2.45) is 11.3 Å². The number of aldehydes is 1. The Bertz CT molecular complexity index is 370. The Morgan fingerprint density at radius 3 is 2.33 bits per heavy atom. The number of hydrogen-bond acceptors (Lipinski definition) is 1. The molecule has 1 aromatic carbocycles. The highest BCUT2D eigenvalue weighted by Crippen LogP contribution is 2.58. The van der Waals surface area contributed by atoms with Gasteiger partial charge in [0.05, 0.1) is 0 Å². The summed E-state index contributed by atoms with van der Waals surface area (Å²) >= 11 is 0. The van der Waals surface area contributed by atoms with E-state index in [2.05, 4.69) is 45.0 Å². The van der Waals surface area contributed by atoms with Gasteiger partial charge in [-0.15, -0.1) is 0 Å². The van der Waals surface area contributed by atoms with Crippen LogP contribution in [0.5, 0.6) is 0 Å². The number of carbonyl (C=O) groups excluding carboxylic acids is 1. The van der Waals surface area contributed by atoms with E-state index in [1.54, 1.807) is 0 Å². The Kier molecular flexibility index (Phi) is 2.22. The van der Waals surface area contributed by atoms with Gasteiger partial charge < -0.3 is 4.79 Å². The topological polar surface area (TPSA) is 17.1 Å². The van der Waals surface area contributed by atoms with Crippen molar-refractivity contribution in [3.05, 3.63) is 35.9 Å². The van der Waals surface area contributed by atoms with E-state index in [4.69, 9.17) is 0 Å². The predicted octanol–water partition coefficient (Wildman–Crippen LogP) is 3.19. The molecule has 0 N–H and O–H groups in total. The van der Waals surface area contributed by atoms with Gasteiger partial charge in [0.1, 0.15) is 6.29 Å². The summed E-state index contributed by atoms with van der Waals surface area (Å²) in [6, 6.07) is 10.5. The first-order chi connectivity index (χ1) is 7.03. The molecule has 0 heterocycles. The summed E-state index contributed by atoms with van der Waals surface area (Å²) in [7, 11) is 0. The van der Waals surface area contributed by atoms with Crippen molar-refractivity contribution in [2.45, 2.75) is 32.6 Å². The number of rotatable bonds is 2. The second-order valence-electron chi connectivity index (χ2n) is 5.31. The second-order valence-corrected chi connectivity index (χ2v) is 5.31. The maximum absolute atomic E-state index is 11.0. The Balaban J connectivity index is 2.30. The third-order valence-electron chi connectivity index (χ3n) is 4.40. The molecule has 1 aliphatic carbocycles. The van der Waals surface area contributed by atoms with Crippen LogP contribution in [0.2, 0.25) is 0 Å². The number of benzene rings is 1. The lowest BCUT2D eigenvalue weighted by molar-refractivity contribution is -0.131. The summed E-state index contributed by atoms with van der Waals surface area (Å²) in [5, 5.41) is 0. The zero-order chi connectivity index (χ0) is 11.1. The molecule has 0 spiro atoms. The molecule has 1 fully saturated rings. The van der Waals surface area contributed by atoms with Crippen LogP contribution in [0.4, 0.5) is 0 Å². The van der Waals surface area contributed by atoms with Gasteiger partial charge in [0.15, 0.2) is 0 Å². The van der Waals surface area contributed by atoms with Gasteiger partial charge in [0.2, 0.25) is 0 Å². The fourth-order valence-electron chi connectivity index (χ4n) is 3.01. The third kappa shape index (κ3) is 1.33. The summed E-state index contributed by atoms with van der Waals surface area (Å²) < 4.78 is 0. The van der Waals surface area contributed by atoms with Crippen LogP contribution in [0, 0.1) is 11.3 Å². The van der Waals surface area contributed by atoms with Crippen molar-refractivity contribution in [2.75, 3.05) is 0 Å². The quantitative estimate of drug-likeness (QED) is 0.673. The lowest BCUT2D eigenvalue weighted by Gasteiger charge is -2.57. The summed E-state index contributed by atoms with van der Waals surface area (Å²) in [6.07, 6.45) is 2.09. The molecule has 0 aliphatic heterocycles. The van der Waals surface area contributed by atoms with Gasteiger partial charge in [0, 0.05) is 5.41 Å². The van der Waals surface area contributed by atoms with Crippen molar-refractivity contribution in [3.63, 3.8) is 0 Å². The average molecular weight is 202 g/mol. The van der Waals surface area contributed by atoms with E-state index in [0.29, 0.717) is 5.92 Å². The van der Waals surface area contributed by atoms with Crippen LogP contribution in [-0.4, -0.2) is 6.29 Å². The summed E-state index contributed by atoms with van der Waals surface area (Å²) in [5.41, 5.74) is 1.42. The van der Waals surface area contributed by atoms with Crippen molar-refractivity contribution in [3.8, 4) is 0 Å². The first kappa shape index (κ1) is 10.4. The van der Waals surface area contributed by atoms with Crippen LogP contribution >= 0.6 is 0 Å². The monoisotopic (exact) mass is 202 g/mol. The first-order valence-electron chi connectivity index (χ1n) is 5.55. The van der Waals surface area contributed by atoms with Gasteiger partial charge in [-0.25, -0.2) is 0 Å². The molecule has 1 heteroatoms. The van der Waals surface area contributed by atoms with Crippen LogP contribution in [0.25, 0.3) is 0 Å². The van der Waals surface area contributed by atoms with E-state index < -0.39 is 0 Å². The van der Waals surface area contributed by atoms with Crippen LogP contribution in [0.15, 0.2) is 30.3 Å². The minimum atomic E-state index is -0.120. The molecule has 1 nitrogen and oxygen atoms in total. The van der Waals surface area contributed by atoms with Crippen LogP contribution in [0.3, 0.4) is 0 Å². The van der Waals surface area contributed by atoms with E-state index in [9.17, 15) is 4.79 Å². The predicted molar refractivity (Wildman–Crippen MR) is 61.7 cm³/mol. The average Bonchev–Trinajstić information content (AvgIpc) is 2.29. The van der Waals surface area contributed by atoms with Crippen molar-refractivity contribution < 1.29 is 4.79 Å². The zero-order valence-electron chi connectivity index (χ0n) is 9.66. The molecule has 0 radical (unpaired) electrons. The SMILES string of the molecule is C[C@H]1C(C)(c2ccccc2)C[C@]1(C)C=O.